The molecule has 0 saturated carbocycles. The fraction of sp³-hybridized carbons (Fsp3) is 0.389. The van der Waals surface area contributed by atoms with Crippen LogP contribution in [-0.4, -0.2) is 18.0 Å². The molecule has 0 radical (unpaired) electrons. The van der Waals surface area contributed by atoms with E-state index in [2.05, 4.69) is 23.6 Å². The van der Waals surface area contributed by atoms with Crippen LogP contribution in [0.3, 0.4) is 0 Å². The van der Waals surface area contributed by atoms with Gasteiger partial charge in [-0.2, -0.15) is 0 Å². The van der Waals surface area contributed by atoms with Crippen molar-refractivity contribution in [1.82, 2.24) is 4.98 Å². The third kappa shape index (κ3) is 3.80. The van der Waals surface area contributed by atoms with Crippen molar-refractivity contribution < 1.29 is 22.6 Å². The summed E-state index contributed by atoms with van der Waals surface area (Å²) in [6.07, 6.45) is -2.32. The largest absolute Gasteiger partial charge is 0.573 e. The van der Waals surface area contributed by atoms with Crippen molar-refractivity contribution in [3.63, 3.8) is 0 Å². The van der Waals surface area contributed by atoms with Crippen LogP contribution in [0.4, 0.5) is 13.2 Å². The number of benzene rings is 1. The molecule has 1 aliphatic rings. The van der Waals surface area contributed by atoms with Crippen molar-refractivity contribution in [2.75, 3.05) is 6.61 Å². The molecule has 2 heterocycles. The Morgan fingerprint density at radius 3 is 2.67 bits per heavy atom. The van der Waals surface area contributed by atoms with Crippen molar-refractivity contribution in [3.8, 4) is 11.5 Å². The Balaban J connectivity index is 2.06. The van der Waals surface area contributed by atoms with Gasteiger partial charge in [0, 0.05) is 23.4 Å². The summed E-state index contributed by atoms with van der Waals surface area (Å²) in [5, 5.41) is 0. The zero-order chi connectivity index (χ0) is 17.4. The maximum atomic E-state index is 12.5. The van der Waals surface area contributed by atoms with Crippen LogP contribution in [0.1, 0.15) is 37.4 Å². The zero-order valence-corrected chi connectivity index (χ0v) is 13.4. The van der Waals surface area contributed by atoms with E-state index >= 15 is 0 Å². The Labute approximate surface area is 138 Å². The molecule has 0 fully saturated rings. The summed E-state index contributed by atoms with van der Waals surface area (Å²) in [5.41, 5.74) is 1.34. The van der Waals surface area contributed by atoms with Gasteiger partial charge in [0.25, 0.3) is 0 Å². The fourth-order valence-corrected chi connectivity index (χ4v) is 2.97. The van der Waals surface area contributed by atoms with Gasteiger partial charge in [-0.15, -0.1) is 13.2 Å². The van der Waals surface area contributed by atoms with E-state index in [0.29, 0.717) is 24.3 Å². The molecular weight excluding hydrogens is 319 g/mol. The van der Waals surface area contributed by atoms with Gasteiger partial charge in [0.2, 0.25) is 0 Å². The number of nitrogens with zero attached hydrogens (tertiary/aromatic N) is 1. The summed E-state index contributed by atoms with van der Waals surface area (Å²) in [6.45, 7) is 4.63. The first-order chi connectivity index (χ1) is 11.2. The maximum absolute atomic E-state index is 12.5. The SMILES string of the molecule is CC1(C)COc2ccc(OC(F)(F)F)cc2C(c2ccccn2)C1. The number of alkyl halides is 3. The molecule has 1 aromatic heterocycles. The second-order valence-corrected chi connectivity index (χ2v) is 6.71. The van der Waals surface area contributed by atoms with Gasteiger partial charge < -0.3 is 9.47 Å². The second kappa shape index (κ2) is 6.00. The van der Waals surface area contributed by atoms with Crippen LogP contribution in [-0.2, 0) is 0 Å². The van der Waals surface area contributed by atoms with Gasteiger partial charge in [-0.3, -0.25) is 4.98 Å². The van der Waals surface area contributed by atoms with Crippen LogP contribution in [0, 0.1) is 5.41 Å². The van der Waals surface area contributed by atoms with Gasteiger partial charge in [-0.1, -0.05) is 19.9 Å². The first kappa shape index (κ1) is 16.6. The zero-order valence-electron chi connectivity index (χ0n) is 13.4. The number of hydrogen-bond donors (Lipinski definition) is 0. The molecule has 3 nitrogen and oxygen atoms in total. The maximum Gasteiger partial charge on any atom is 0.573 e. The number of ether oxygens (including phenoxy) is 2. The predicted octanol–water partition coefficient (Wildman–Crippen LogP) is 4.92. The van der Waals surface area contributed by atoms with E-state index in [4.69, 9.17) is 4.74 Å². The van der Waals surface area contributed by atoms with Crippen molar-refractivity contribution in [2.24, 2.45) is 5.41 Å². The molecule has 0 saturated heterocycles. The minimum atomic E-state index is -4.72. The third-order valence-corrected chi connectivity index (χ3v) is 4.01. The first-order valence-electron chi connectivity index (χ1n) is 7.67. The van der Waals surface area contributed by atoms with Crippen LogP contribution >= 0.6 is 0 Å². The van der Waals surface area contributed by atoms with Crippen LogP contribution in [0.25, 0.3) is 0 Å². The summed E-state index contributed by atoms with van der Waals surface area (Å²) in [7, 11) is 0. The third-order valence-electron chi connectivity index (χ3n) is 4.01. The van der Waals surface area contributed by atoms with Crippen molar-refractivity contribution in [3.05, 3.63) is 53.9 Å². The molecule has 1 unspecified atom stereocenters. The first-order valence-corrected chi connectivity index (χ1v) is 7.67. The Kier molecular flexibility index (Phi) is 4.15. The Morgan fingerprint density at radius 2 is 2.00 bits per heavy atom. The monoisotopic (exact) mass is 337 g/mol. The Morgan fingerprint density at radius 1 is 1.21 bits per heavy atom. The fourth-order valence-electron chi connectivity index (χ4n) is 2.97. The molecule has 0 aliphatic carbocycles. The normalized spacial score (nSPS) is 19.8. The van der Waals surface area contributed by atoms with Crippen molar-refractivity contribution in [1.29, 1.82) is 0 Å². The van der Waals surface area contributed by atoms with Gasteiger partial charge in [0.05, 0.1) is 6.61 Å². The molecule has 0 N–H and O–H groups in total. The highest BCUT2D eigenvalue weighted by atomic mass is 19.4. The number of rotatable bonds is 2. The molecule has 0 spiro atoms. The number of pyridine rings is 1. The van der Waals surface area contributed by atoms with E-state index < -0.39 is 6.36 Å². The smallest absolute Gasteiger partial charge is 0.493 e. The number of fused-ring (bicyclic) bond motifs is 1. The quantitative estimate of drug-likeness (QED) is 0.779. The Hall–Kier alpha value is -2.24. The summed E-state index contributed by atoms with van der Waals surface area (Å²) in [4.78, 5) is 4.39. The predicted molar refractivity (Wildman–Crippen MR) is 83.1 cm³/mol. The highest BCUT2D eigenvalue weighted by Crippen LogP contribution is 2.44. The minimum Gasteiger partial charge on any atom is -0.493 e. The Bertz CT molecular complexity index is 714. The molecule has 2 aromatic rings. The van der Waals surface area contributed by atoms with Crippen LogP contribution < -0.4 is 9.47 Å². The minimum absolute atomic E-state index is 0.133. The number of aromatic nitrogens is 1. The van der Waals surface area contributed by atoms with Crippen LogP contribution in [0.2, 0.25) is 0 Å². The van der Waals surface area contributed by atoms with E-state index in [0.717, 1.165) is 5.69 Å². The van der Waals surface area contributed by atoms with Crippen molar-refractivity contribution in [2.45, 2.75) is 32.5 Å². The second-order valence-electron chi connectivity index (χ2n) is 6.71. The van der Waals surface area contributed by atoms with Crippen LogP contribution in [0.5, 0.6) is 11.5 Å². The van der Waals surface area contributed by atoms with Gasteiger partial charge >= 0.3 is 6.36 Å². The topological polar surface area (TPSA) is 31.4 Å². The molecule has 6 heteroatoms. The molecule has 128 valence electrons. The van der Waals surface area contributed by atoms with Gasteiger partial charge in [0.1, 0.15) is 11.5 Å². The average molecular weight is 337 g/mol. The highest BCUT2D eigenvalue weighted by Gasteiger charge is 2.35. The molecule has 1 aliphatic heterocycles. The van der Waals surface area contributed by atoms with E-state index in [1.54, 1.807) is 6.20 Å². The molecule has 3 rings (SSSR count). The molecule has 0 bridgehead atoms. The van der Waals surface area contributed by atoms with Crippen LogP contribution in [0.15, 0.2) is 42.6 Å². The lowest BCUT2D eigenvalue weighted by molar-refractivity contribution is -0.274. The molecule has 0 amide bonds. The van der Waals surface area contributed by atoms with E-state index in [-0.39, 0.29) is 17.1 Å². The molecule has 1 atom stereocenters. The summed E-state index contributed by atoms with van der Waals surface area (Å²) in [5.74, 6) is 0.173. The molecule has 1 aromatic carbocycles. The summed E-state index contributed by atoms with van der Waals surface area (Å²) < 4.78 is 47.5. The van der Waals surface area contributed by atoms with E-state index in [1.165, 1.54) is 18.2 Å². The number of halogens is 3. The highest BCUT2D eigenvalue weighted by molar-refractivity contribution is 5.46. The standard InChI is InChI=1S/C18H18F3NO2/c1-17(2)10-14(15-5-3-4-8-22-15)13-9-12(24-18(19,20)21)6-7-16(13)23-11-17/h3-9,14H,10-11H2,1-2H3. The number of hydrogen-bond acceptors (Lipinski definition) is 3. The van der Waals surface area contributed by atoms with Crippen molar-refractivity contribution >= 4 is 0 Å². The molecule has 24 heavy (non-hydrogen) atoms. The lowest BCUT2D eigenvalue weighted by atomic mass is 9.79. The summed E-state index contributed by atoms with van der Waals surface area (Å²) in [6, 6.07) is 9.79. The lowest BCUT2D eigenvalue weighted by Crippen LogP contribution is -2.21. The summed E-state index contributed by atoms with van der Waals surface area (Å²) >= 11 is 0. The lowest BCUT2D eigenvalue weighted by Gasteiger charge is -2.25. The average Bonchev–Trinajstić information content (AvgIpc) is 2.63. The van der Waals surface area contributed by atoms with Gasteiger partial charge in [-0.05, 0) is 42.2 Å². The molecular formula is C18H18F3NO2. The van der Waals surface area contributed by atoms with Gasteiger partial charge in [-0.25, -0.2) is 0 Å². The van der Waals surface area contributed by atoms with E-state index in [1.807, 2.05) is 18.2 Å². The van der Waals surface area contributed by atoms with E-state index in [9.17, 15) is 13.2 Å². The van der Waals surface area contributed by atoms with Gasteiger partial charge in [0.15, 0.2) is 0 Å².